The second kappa shape index (κ2) is 8.92. The molecular formula is C19H19Cl2NO4. The summed E-state index contributed by atoms with van der Waals surface area (Å²) in [5.74, 6) is -1.47. The van der Waals surface area contributed by atoms with E-state index in [1.54, 1.807) is 19.1 Å². The molecule has 26 heavy (non-hydrogen) atoms. The van der Waals surface area contributed by atoms with E-state index in [0.717, 1.165) is 11.1 Å². The maximum atomic E-state index is 12.4. The Hall–Kier alpha value is -2.24. The van der Waals surface area contributed by atoms with Gasteiger partial charge in [0.05, 0.1) is 23.6 Å². The van der Waals surface area contributed by atoms with E-state index in [1.807, 2.05) is 12.1 Å². The molecule has 2 aromatic rings. The van der Waals surface area contributed by atoms with Crippen LogP contribution >= 0.6 is 23.2 Å². The Labute approximate surface area is 161 Å². The maximum Gasteiger partial charge on any atom is 0.310 e. The fourth-order valence-electron chi connectivity index (χ4n) is 2.47. The largest absolute Gasteiger partial charge is 0.494 e. The molecule has 0 aliphatic rings. The predicted molar refractivity (Wildman–Crippen MR) is 102 cm³/mol. The van der Waals surface area contributed by atoms with Crippen LogP contribution in [0, 0.1) is 0 Å². The Morgan fingerprint density at radius 3 is 2.42 bits per heavy atom. The number of carbonyl (C=O) groups excluding carboxylic acids is 1. The second-order valence-corrected chi connectivity index (χ2v) is 6.62. The van der Waals surface area contributed by atoms with Crippen molar-refractivity contribution in [3.63, 3.8) is 0 Å². The summed E-state index contributed by atoms with van der Waals surface area (Å²) in [4.78, 5) is 23.4. The molecule has 1 unspecified atom stereocenters. The van der Waals surface area contributed by atoms with Crippen LogP contribution in [-0.2, 0) is 11.2 Å². The van der Waals surface area contributed by atoms with Gasteiger partial charge in [-0.05, 0) is 36.6 Å². The van der Waals surface area contributed by atoms with Crippen LogP contribution in [-0.4, -0.2) is 30.6 Å². The van der Waals surface area contributed by atoms with Crippen molar-refractivity contribution in [3.05, 3.63) is 63.1 Å². The summed E-state index contributed by atoms with van der Waals surface area (Å²) in [5, 5.41) is 12.4. The van der Waals surface area contributed by atoms with Crippen molar-refractivity contribution in [2.75, 3.05) is 13.7 Å². The molecule has 0 aliphatic heterocycles. The first kappa shape index (κ1) is 20.1. The Morgan fingerprint density at radius 1 is 1.19 bits per heavy atom. The third-order valence-corrected chi connectivity index (χ3v) is 4.51. The van der Waals surface area contributed by atoms with Crippen LogP contribution in [0.15, 0.2) is 36.4 Å². The van der Waals surface area contributed by atoms with Crippen LogP contribution < -0.4 is 10.1 Å². The van der Waals surface area contributed by atoms with Crippen molar-refractivity contribution in [3.8, 4) is 5.75 Å². The number of carboxylic acids is 1. The summed E-state index contributed by atoms with van der Waals surface area (Å²) >= 11 is 12.0. The number of rotatable bonds is 7. The number of hydrogen-bond donors (Lipinski definition) is 2. The molecule has 0 aromatic heterocycles. The first-order valence-corrected chi connectivity index (χ1v) is 8.72. The molecule has 2 N–H and O–H groups in total. The third kappa shape index (κ3) is 4.90. The number of amides is 1. The van der Waals surface area contributed by atoms with Crippen LogP contribution in [0.25, 0.3) is 0 Å². The fraction of sp³-hybridized carbons (Fsp3) is 0.263. The molecule has 0 heterocycles. The van der Waals surface area contributed by atoms with Gasteiger partial charge in [0.25, 0.3) is 5.91 Å². The van der Waals surface area contributed by atoms with Crippen molar-refractivity contribution in [2.45, 2.75) is 19.3 Å². The van der Waals surface area contributed by atoms with E-state index in [-0.39, 0.29) is 22.2 Å². The quantitative estimate of drug-likeness (QED) is 0.737. The number of aliphatic carboxylic acids is 1. The molecular weight excluding hydrogens is 377 g/mol. The molecule has 0 saturated carbocycles. The Kier molecular flexibility index (Phi) is 6.89. The van der Waals surface area contributed by atoms with Gasteiger partial charge in [-0.15, -0.1) is 0 Å². The van der Waals surface area contributed by atoms with E-state index in [2.05, 4.69) is 5.32 Å². The summed E-state index contributed by atoms with van der Waals surface area (Å²) in [7, 11) is 1.44. The van der Waals surface area contributed by atoms with Crippen molar-refractivity contribution >= 4 is 35.1 Å². The zero-order valence-electron chi connectivity index (χ0n) is 14.4. The number of carboxylic acid groups (broad SMARTS) is 1. The topological polar surface area (TPSA) is 75.6 Å². The van der Waals surface area contributed by atoms with Crippen LogP contribution in [0.1, 0.15) is 34.3 Å². The summed E-state index contributed by atoms with van der Waals surface area (Å²) < 4.78 is 5.17. The number of hydrogen-bond acceptors (Lipinski definition) is 3. The molecule has 0 bridgehead atoms. The number of carbonyl (C=O) groups is 2. The van der Waals surface area contributed by atoms with Gasteiger partial charge in [0.1, 0.15) is 5.75 Å². The molecule has 7 heteroatoms. The molecule has 2 rings (SSSR count). The van der Waals surface area contributed by atoms with Crippen LogP contribution in [0.3, 0.4) is 0 Å². The van der Waals surface area contributed by atoms with Crippen molar-refractivity contribution in [1.82, 2.24) is 5.32 Å². The SMILES string of the molecule is COc1c(Cl)cc(Cl)cc1C(=O)NCCc1ccc(C(C)C(=O)O)cc1. The van der Waals surface area contributed by atoms with Gasteiger partial charge in [-0.3, -0.25) is 9.59 Å². The Morgan fingerprint density at radius 2 is 1.85 bits per heavy atom. The lowest BCUT2D eigenvalue weighted by Gasteiger charge is -2.12. The average Bonchev–Trinajstić information content (AvgIpc) is 2.61. The van der Waals surface area contributed by atoms with Gasteiger partial charge < -0.3 is 15.2 Å². The molecule has 0 saturated heterocycles. The number of halogens is 2. The fourth-order valence-corrected chi connectivity index (χ4v) is 3.04. The van der Waals surface area contributed by atoms with E-state index >= 15 is 0 Å². The Bertz CT molecular complexity index is 806. The molecule has 1 atom stereocenters. The van der Waals surface area contributed by atoms with Gasteiger partial charge in [-0.1, -0.05) is 47.5 Å². The summed E-state index contributed by atoms with van der Waals surface area (Å²) in [6.07, 6.45) is 0.601. The first-order chi connectivity index (χ1) is 12.3. The molecule has 2 aromatic carbocycles. The summed E-state index contributed by atoms with van der Waals surface area (Å²) in [6.45, 7) is 2.04. The van der Waals surface area contributed by atoms with Crippen molar-refractivity contribution in [1.29, 1.82) is 0 Å². The van der Waals surface area contributed by atoms with Gasteiger partial charge in [-0.2, -0.15) is 0 Å². The highest BCUT2D eigenvalue weighted by molar-refractivity contribution is 6.36. The number of methoxy groups -OCH3 is 1. The van der Waals surface area contributed by atoms with E-state index in [9.17, 15) is 9.59 Å². The molecule has 0 spiro atoms. The summed E-state index contributed by atoms with van der Waals surface area (Å²) in [5.41, 5.74) is 2.00. The van der Waals surface area contributed by atoms with Gasteiger partial charge >= 0.3 is 5.97 Å². The minimum atomic E-state index is -0.862. The monoisotopic (exact) mass is 395 g/mol. The second-order valence-electron chi connectivity index (χ2n) is 5.78. The molecule has 0 aliphatic carbocycles. The molecule has 5 nitrogen and oxygen atoms in total. The van der Waals surface area contributed by atoms with E-state index < -0.39 is 11.9 Å². The van der Waals surface area contributed by atoms with Gasteiger partial charge in [0.15, 0.2) is 0 Å². The van der Waals surface area contributed by atoms with E-state index in [4.69, 9.17) is 33.0 Å². The minimum absolute atomic E-state index is 0.272. The molecule has 138 valence electrons. The first-order valence-electron chi connectivity index (χ1n) is 7.96. The zero-order valence-corrected chi connectivity index (χ0v) is 15.9. The van der Waals surface area contributed by atoms with Crippen LogP contribution in [0.4, 0.5) is 0 Å². The minimum Gasteiger partial charge on any atom is -0.494 e. The maximum absolute atomic E-state index is 12.4. The van der Waals surface area contributed by atoms with Crippen molar-refractivity contribution in [2.24, 2.45) is 0 Å². The summed E-state index contributed by atoms with van der Waals surface area (Å²) in [6, 6.07) is 10.3. The lowest BCUT2D eigenvalue weighted by atomic mass is 9.99. The lowest BCUT2D eigenvalue weighted by molar-refractivity contribution is -0.138. The van der Waals surface area contributed by atoms with Gasteiger partial charge in [-0.25, -0.2) is 0 Å². The molecule has 1 amide bonds. The standard InChI is InChI=1S/C19H19Cl2NO4/c1-11(19(24)25)13-5-3-12(4-6-13)7-8-22-18(23)15-9-14(20)10-16(21)17(15)26-2/h3-6,9-11H,7-8H2,1-2H3,(H,22,23)(H,24,25). The number of nitrogens with one attached hydrogen (secondary N) is 1. The number of benzene rings is 2. The molecule has 0 fully saturated rings. The van der Waals surface area contributed by atoms with E-state index in [1.165, 1.54) is 19.2 Å². The lowest BCUT2D eigenvalue weighted by Crippen LogP contribution is -2.26. The highest BCUT2D eigenvalue weighted by Crippen LogP contribution is 2.32. The highest BCUT2D eigenvalue weighted by atomic mass is 35.5. The highest BCUT2D eigenvalue weighted by Gasteiger charge is 2.16. The van der Waals surface area contributed by atoms with Gasteiger partial charge in [0.2, 0.25) is 0 Å². The van der Waals surface area contributed by atoms with Crippen molar-refractivity contribution < 1.29 is 19.4 Å². The Balaban J connectivity index is 1.98. The number of ether oxygens (including phenoxy) is 1. The normalized spacial score (nSPS) is 11.7. The molecule has 0 radical (unpaired) electrons. The predicted octanol–water partition coefficient (Wildman–Crippen LogP) is 4.16. The van der Waals surface area contributed by atoms with E-state index in [0.29, 0.717) is 18.0 Å². The third-order valence-electron chi connectivity index (χ3n) is 4.01. The van der Waals surface area contributed by atoms with Crippen LogP contribution in [0.5, 0.6) is 5.75 Å². The smallest absolute Gasteiger partial charge is 0.310 e. The van der Waals surface area contributed by atoms with Gasteiger partial charge in [0, 0.05) is 11.6 Å². The zero-order chi connectivity index (χ0) is 19.3. The average molecular weight is 396 g/mol. The van der Waals surface area contributed by atoms with Crippen LogP contribution in [0.2, 0.25) is 10.0 Å².